The van der Waals surface area contributed by atoms with Gasteiger partial charge in [-0.2, -0.15) is 0 Å². The minimum Gasteiger partial charge on any atom is -0.481 e. The third kappa shape index (κ3) is 1.66. The second-order valence-corrected chi connectivity index (χ2v) is 3.53. The molecule has 1 heterocycles. The van der Waals surface area contributed by atoms with E-state index in [1.54, 1.807) is 18.6 Å². The molecule has 1 fully saturated rings. The number of carboxylic acids is 1. The molecular formula is C9H11N3O2. The average molecular weight is 193 g/mol. The van der Waals surface area contributed by atoms with Crippen LogP contribution in [0.15, 0.2) is 18.6 Å². The Labute approximate surface area is 81.2 Å². The Balaban J connectivity index is 1.92. The molecule has 0 unspecified atom stereocenters. The number of carboxylic acid groups (broad SMARTS) is 1. The highest BCUT2D eigenvalue weighted by Crippen LogP contribution is 2.45. The molecule has 1 saturated carbocycles. The second-order valence-electron chi connectivity index (χ2n) is 3.53. The highest BCUT2D eigenvalue weighted by Gasteiger charge is 2.50. The van der Waals surface area contributed by atoms with Crippen LogP contribution in [0.25, 0.3) is 0 Å². The molecule has 0 atom stereocenters. The minimum atomic E-state index is -0.728. The predicted molar refractivity (Wildman–Crippen MR) is 49.8 cm³/mol. The number of carbonyl (C=O) groups is 1. The number of rotatable bonds is 4. The molecule has 5 heteroatoms. The summed E-state index contributed by atoms with van der Waals surface area (Å²) in [6.45, 7) is 0.432. The predicted octanol–water partition coefficient (Wildman–Crippen LogP) is 0.753. The van der Waals surface area contributed by atoms with E-state index in [4.69, 9.17) is 5.11 Å². The van der Waals surface area contributed by atoms with Gasteiger partial charge in [-0.15, -0.1) is 0 Å². The number of nitrogens with one attached hydrogen (secondary N) is 1. The van der Waals surface area contributed by atoms with Crippen molar-refractivity contribution in [3.8, 4) is 0 Å². The van der Waals surface area contributed by atoms with Crippen LogP contribution in [0.1, 0.15) is 12.8 Å². The van der Waals surface area contributed by atoms with Crippen LogP contribution in [0.5, 0.6) is 0 Å². The number of hydrogen-bond donors (Lipinski definition) is 2. The van der Waals surface area contributed by atoms with E-state index in [1.807, 2.05) is 0 Å². The maximum atomic E-state index is 10.8. The van der Waals surface area contributed by atoms with Gasteiger partial charge in [0.25, 0.3) is 0 Å². The zero-order valence-corrected chi connectivity index (χ0v) is 7.60. The van der Waals surface area contributed by atoms with Crippen molar-refractivity contribution in [3.05, 3.63) is 18.6 Å². The van der Waals surface area contributed by atoms with Crippen molar-refractivity contribution in [2.24, 2.45) is 5.41 Å². The molecule has 1 aromatic rings. The molecule has 0 spiro atoms. The average Bonchev–Trinajstić information content (AvgIpc) is 2.97. The van der Waals surface area contributed by atoms with Gasteiger partial charge in [-0.3, -0.25) is 9.78 Å². The first-order chi connectivity index (χ1) is 6.73. The van der Waals surface area contributed by atoms with E-state index in [0.717, 1.165) is 12.8 Å². The summed E-state index contributed by atoms with van der Waals surface area (Å²) < 4.78 is 0. The standard InChI is InChI=1S/C9H11N3O2/c13-8(14)9(1-2-9)6-12-7-5-10-3-4-11-7/h3-5H,1-2,6H2,(H,11,12)(H,13,14). The Kier molecular flexibility index (Phi) is 2.07. The number of aliphatic carboxylic acids is 1. The van der Waals surface area contributed by atoms with E-state index in [9.17, 15) is 4.79 Å². The maximum Gasteiger partial charge on any atom is 0.311 e. The molecule has 0 amide bonds. The van der Waals surface area contributed by atoms with Crippen molar-refractivity contribution in [1.29, 1.82) is 0 Å². The highest BCUT2D eigenvalue weighted by molar-refractivity contribution is 5.78. The molecule has 0 saturated heterocycles. The van der Waals surface area contributed by atoms with E-state index < -0.39 is 11.4 Å². The Hall–Kier alpha value is -1.65. The number of aromatic nitrogens is 2. The van der Waals surface area contributed by atoms with Crippen LogP contribution in [-0.2, 0) is 4.79 Å². The van der Waals surface area contributed by atoms with E-state index in [2.05, 4.69) is 15.3 Å². The summed E-state index contributed by atoms with van der Waals surface area (Å²) in [5, 5.41) is 11.9. The summed E-state index contributed by atoms with van der Waals surface area (Å²) in [5.74, 6) is -0.103. The zero-order valence-electron chi connectivity index (χ0n) is 7.60. The summed E-state index contributed by atoms with van der Waals surface area (Å²) in [4.78, 5) is 18.7. The van der Waals surface area contributed by atoms with Gasteiger partial charge in [0.05, 0.1) is 11.6 Å². The summed E-state index contributed by atoms with van der Waals surface area (Å²) in [6.07, 6.45) is 6.22. The second kappa shape index (κ2) is 3.25. The Morgan fingerprint density at radius 1 is 1.57 bits per heavy atom. The van der Waals surface area contributed by atoms with Crippen LogP contribution in [0, 0.1) is 5.41 Å². The monoisotopic (exact) mass is 193 g/mol. The van der Waals surface area contributed by atoms with Crippen molar-refractivity contribution in [2.75, 3.05) is 11.9 Å². The highest BCUT2D eigenvalue weighted by atomic mass is 16.4. The van der Waals surface area contributed by atoms with Gasteiger partial charge in [-0.25, -0.2) is 4.98 Å². The Morgan fingerprint density at radius 2 is 2.36 bits per heavy atom. The molecule has 0 aromatic carbocycles. The van der Waals surface area contributed by atoms with E-state index in [0.29, 0.717) is 12.4 Å². The lowest BCUT2D eigenvalue weighted by molar-refractivity contribution is -0.142. The fourth-order valence-corrected chi connectivity index (χ4v) is 1.27. The topological polar surface area (TPSA) is 75.1 Å². The van der Waals surface area contributed by atoms with Crippen LogP contribution in [0.2, 0.25) is 0 Å². The molecule has 1 aliphatic rings. The van der Waals surface area contributed by atoms with Gasteiger partial charge in [0.15, 0.2) is 0 Å². The van der Waals surface area contributed by atoms with E-state index in [-0.39, 0.29) is 0 Å². The van der Waals surface area contributed by atoms with Gasteiger partial charge in [-0.1, -0.05) is 0 Å². The molecular weight excluding hydrogens is 182 g/mol. The third-order valence-electron chi connectivity index (χ3n) is 2.48. The van der Waals surface area contributed by atoms with Crippen LogP contribution in [-0.4, -0.2) is 27.6 Å². The van der Waals surface area contributed by atoms with Gasteiger partial charge >= 0.3 is 5.97 Å². The van der Waals surface area contributed by atoms with Crippen LogP contribution >= 0.6 is 0 Å². The maximum absolute atomic E-state index is 10.8. The normalized spacial score (nSPS) is 17.4. The smallest absolute Gasteiger partial charge is 0.311 e. The van der Waals surface area contributed by atoms with Gasteiger partial charge in [0.1, 0.15) is 5.82 Å². The van der Waals surface area contributed by atoms with Crippen LogP contribution in [0.3, 0.4) is 0 Å². The summed E-state index contributed by atoms with van der Waals surface area (Å²) in [5.41, 5.74) is -0.558. The summed E-state index contributed by atoms with van der Waals surface area (Å²) >= 11 is 0. The number of hydrogen-bond acceptors (Lipinski definition) is 4. The summed E-state index contributed by atoms with van der Waals surface area (Å²) in [7, 11) is 0. The lowest BCUT2D eigenvalue weighted by Gasteiger charge is -2.10. The molecule has 1 aromatic heterocycles. The SMILES string of the molecule is O=C(O)C1(CNc2cnccn2)CC1. The number of nitrogens with zero attached hydrogens (tertiary/aromatic N) is 2. The molecule has 14 heavy (non-hydrogen) atoms. The van der Waals surface area contributed by atoms with Gasteiger partial charge in [-0.05, 0) is 12.8 Å². The Morgan fingerprint density at radius 3 is 2.86 bits per heavy atom. The van der Waals surface area contributed by atoms with Gasteiger partial charge in [0, 0.05) is 18.9 Å². The quantitative estimate of drug-likeness (QED) is 0.738. The molecule has 0 bridgehead atoms. The molecule has 2 N–H and O–H groups in total. The van der Waals surface area contributed by atoms with E-state index in [1.165, 1.54) is 0 Å². The van der Waals surface area contributed by atoms with Crippen molar-refractivity contribution < 1.29 is 9.90 Å². The first-order valence-corrected chi connectivity index (χ1v) is 4.46. The molecule has 0 radical (unpaired) electrons. The fourth-order valence-electron chi connectivity index (χ4n) is 1.27. The first-order valence-electron chi connectivity index (χ1n) is 4.46. The largest absolute Gasteiger partial charge is 0.481 e. The Bertz CT molecular complexity index is 335. The lowest BCUT2D eigenvalue weighted by Crippen LogP contribution is -2.24. The first kappa shape index (κ1) is 8.93. The van der Waals surface area contributed by atoms with Gasteiger partial charge in [0.2, 0.25) is 0 Å². The molecule has 1 aliphatic carbocycles. The summed E-state index contributed by atoms with van der Waals surface area (Å²) in [6, 6.07) is 0. The number of anilines is 1. The third-order valence-corrected chi connectivity index (χ3v) is 2.48. The van der Waals surface area contributed by atoms with Gasteiger partial charge < -0.3 is 10.4 Å². The van der Waals surface area contributed by atoms with Crippen LogP contribution in [0.4, 0.5) is 5.82 Å². The molecule has 5 nitrogen and oxygen atoms in total. The van der Waals surface area contributed by atoms with Crippen molar-refractivity contribution >= 4 is 11.8 Å². The van der Waals surface area contributed by atoms with Crippen molar-refractivity contribution in [1.82, 2.24) is 9.97 Å². The zero-order chi connectivity index (χ0) is 10.0. The minimum absolute atomic E-state index is 0.432. The molecule has 0 aliphatic heterocycles. The van der Waals surface area contributed by atoms with Crippen LogP contribution < -0.4 is 5.32 Å². The fraction of sp³-hybridized carbons (Fsp3) is 0.444. The lowest BCUT2D eigenvalue weighted by atomic mass is 10.1. The van der Waals surface area contributed by atoms with Crippen molar-refractivity contribution in [2.45, 2.75) is 12.8 Å². The van der Waals surface area contributed by atoms with E-state index >= 15 is 0 Å². The van der Waals surface area contributed by atoms with Crippen molar-refractivity contribution in [3.63, 3.8) is 0 Å². The molecule has 2 rings (SSSR count). The molecule has 74 valence electrons.